The third-order valence-corrected chi connectivity index (χ3v) is 6.83. The second-order valence-corrected chi connectivity index (χ2v) is 9.58. The Balaban J connectivity index is 1.43. The summed E-state index contributed by atoms with van der Waals surface area (Å²) in [6, 6.07) is 10.3. The number of hydrogen-bond acceptors (Lipinski definition) is 3. The van der Waals surface area contributed by atoms with Crippen LogP contribution in [0.5, 0.6) is 0 Å². The second kappa shape index (κ2) is 7.03. The number of benzene rings is 1. The van der Waals surface area contributed by atoms with Crippen molar-refractivity contribution in [3.8, 4) is 0 Å². The first-order valence-electron chi connectivity index (χ1n) is 10.4. The highest BCUT2D eigenvalue weighted by atomic mass is 16.3. The molecule has 2 fully saturated rings. The van der Waals surface area contributed by atoms with Crippen LogP contribution >= 0.6 is 0 Å². The maximum Gasteiger partial charge on any atom is 0.233 e. The first-order valence-corrected chi connectivity index (χ1v) is 10.4. The lowest BCUT2D eigenvalue weighted by Gasteiger charge is -2.37. The van der Waals surface area contributed by atoms with Crippen molar-refractivity contribution in [1.29, 1.82) is 0 Å². The van der Waals surface area contributed by atoms with Gasteiger partial charge in [0, 0.05) is 18.4 Å². The zero-order valence-corrected chi connectivity index (χ0v) is 17.1. The molecule has 2 aliphatic rings. The van der Waals surface area contributed by atoms with Crippen LogP contribution in [0, 0.1) is 11.3 Å². The van der Waals surface area contributed by atoms with E-state index in [1.54, 1.807) is 6.20 Å². The first-order chi connectivity index (χ1) is 13.3. The molecule has 0 radical (unpaired) electrons. The molecule has 1 amide bonds. The number of nitrogens with zero attached hydrogens (tertiary/aromatic N) is 2. The van der Waals surface area contributed by atoms with Gasteiger partial charge in [-0.25, -0.2) is 0 Å². The van der Waals surface area contributed by atoms with Crippen LogP contribution in [0.3, 0.4) is 0 Å². The highest BCUT2D eigenvalue weighted by Crippen LogP contribution is 2.49. The molecule has 1 aromatic heterocycles. The molecule has 1 saturated heterocycles. The first kappa shape index (κ1) is 19.2. The van der Waals surface area contributed by atoms with Crippen molar-refractivity contribution >= 4 is 11.6 Å². The molecule has 1 saturated carbocycles. The minimum Gasteiger partial charge on any atom is -0.387 e. The third-order valence-electron chi connectivity index (χ3n) is 6.83. The van der Waals surface area contributed by atoms with Crippen LogP contribution in [0.15, 0.2) is 36.5 Å². The summed E-state index contributed by atoms with van der Waals surface area (Å²) in [7, 11) is 0. The van der Waals surface area contributed by atoms with E-state index in [-0.39, 0.29) is 22.7 Å². The van der Waals surface area contributed by atoms with E-state index in [2.05, 4.69) is 55.2 Å². The predicted octanol–water partition coefficient (Wildman–Crippen LogP) is 4.35. The molecular weight excluding hydrogens is 350 g/mol. The zero-order chi connectivity index (χ0) is 19.9. The molecule has 150 valence electrons. The van der Waals surface area contributed by atoms with Crippen LogP contribution in [-0.2, 0) is 10.2 Å². The Hall–Kier alpha value is -2.14. The number of carbonyl (C=O) groups excluding carboxylic acids is 1. The van der Waals surface area contributed by atoms with E-state index >= 15 is 0 Å². The molecular formula is C23H31N3O2. The van der Waals surface area contributed by atoms with E-state index in [0.717, 1.165) is 50.0 Å². The molecule has 1 aliphatic heterocycles. The summed E-state index contributed by atoms with van der Waals surface area (Å²) in [6.07, 6.45) is 5.55. The summed E-state index contributed by atoms with van der Waals surface area (Å²) in [5.74, 6) is 0.462. The van der Waals surface area contributed by atoms with Gasteiger partial charge in [0.25, 0.3) is 0 Å². The highest BCUT2D eigenvalue weighted by Gasteiger charge is 2.49. The Morgan fingerprint density at radius 3 is 2.39 bits per heavy atom. The van der Waals surface area contributed by atoms with Crippen molar-refractivity contribution in [2.24, 2.45) is 11.3 Å². The lowest BCUT2D eigenvalue weighted by Crippen LogP contribution is -2.38. The number of aliphatic hydroxyl groups is 1. The lowest BCUT2D eigenvalue weighted by molar-refractivity contribution is -0.128. The van der Waals surface area contributed by atoms with Crippen molar-refractivity contribution in [1.82, 2.24) is 10.2 Å². The molecule has 28 heavy (non-hydrogen) atoms. The number of nitrogens with one attached hydrogen (secondary N) is 1. The minimum atomic E-state index is -0.516. The SMILES string of the molecule is CC(C)(C)c1ccc(N2CCC3(CCC(C(O)c4ccn[nH]4)CC3)C2=O)cc1. The number of H-pyrrole nitrogens is 1. The highest BCUT2D eigenvalue weighted by molar-refractivity contribution is 6.00. The van der Waals surface area contributed by atoms with E-state index in [9.17, 15) is 9.90 Å². The van der Waals surface area contributed by atoms with Crippen LogP contribution in [0.1, 0.15) is 70.2 Å². The van der Waals surface area contributed by atoms with Gasteiger partial charge >= 0.3 is 0 Å². The standard InChI is InChI=1S/C23H31N3O2/c1-22(2,3)17-4-6-18(7-5-17)26-15-13-23(21(26)28)11-8-16(9-12-23)20(27)19-10-14-24-25-19/h4-7,10,14,16,20,27H,8-9,11-13,15H2,1-3H3,(H,24,25). The Kier molecular flexibility index (Phi) is 4.82. The van der Waals surface area contributed by atoms with Gasteiger partial charge in [-0.2, -0.15) is 5.10 Å². The summed E-state index contributed by atoms with van der Waals surface area (Å²) in [5.41, 5.74) is 2.94. The fourth-order valence-electron chi connectivity index (χ4n) is 4.87. The molecule has 0 bridgehead atoms. The maximum absolute atomic E-state index is 13.3. The molecule has 2 heterocycles. The maximum atomic E-state index is 13.3. The summed E-state index contributed by atoms with van der Waals surface area (Å²) in [4.78, 5) is 15.3. The van der Waals surface area contributed by atoms with Crippen molar-refractivity contribution in [3.05, 3.63) is 47.8 Å². The Morgan fingerprint density at radius 2 is 1.82 bits per heavy atom. The molecule has 5 nitrogen and oxygen atoms in total. The van der Waals surface area contributed by atoms with Gasteiger partial charge in [-0.05, 0) is 67.2 Å². The molecule has 4 rings (SSSR count). The van der Waals surface area contributed by atoms with Gasteiger partial charge in [-0.15, -0.1) is 0 Å². The van der Waals surface area contributed by atoms with Crippen molar-refractivity contribution in [2.45, 2.75) is 64.4 Å². The predicted molar refractivity (Wildman–Crippen MR) is 110 cm³/mol. The van der Waals surface area contributed by atoms with E-state index < -0.39 is 6.10 Å². The van der Waals surface area contributed by atoms with E-state index in [1.165, 1.54) is 5.56 Å². The lowest BCUT2D eigenvalue weighted by atomic mass is 9.68. The molecule has 1 aliphatic carbocycles. The van der Waals surface area contributed by atoms with Crippen LogP contribution in [-0.4, -0.2) is 27.8 Å². The van der Waals surface area contributed by atoms with E-state index in [4.69, 9.17) is 0 Å². The summed E-state index contributed by atoms with van der Waals surface area (Å²) < 4.78 is 0. The smallest absolute Gasteiger partial charge is 0.233 e. The van der Waals surface area contributed by atoms with Gasteiger partial charge in [-0.3, -0.25) is 9.89 Å². The van der Waals surface area contributed by atoms with Crippen molar-refractivity contribution in [3.63, 3.8) is 0 Å². The molecule has 2 aromatic rings. The number of rotatable bonds is 3. The molecule has 1 aromatic carbocycles. The molecule has 2 N–H and O–H groups in total. The van der Waals surface area contributed by atoms with Crippen molar-refractivity contribution in [2.75, 3.05) is 11.4 Å². The van der Waals surface area contributed by atoms with Gasteiger partial charge < -0.3 is 10.0 Å². The zero-order valence-electron chi connectivity index (χ0n) is 17.1. The second-order valence-electron chi connectivity index (χ2n) is 9.58. The number of amides is 1. The average molecular weight is 382 g/mol. The number of aromatic amines is 1. The number of hydrogen-bond donors (Lipinski definition) is 2. The Labute approximate surface area is 167 Å². The topological polar surface area (TPSA) is 69.2 Å². The Morgan fingerprint density at radius 1 is 1.14 bits per heavy atom. The van der Waals surface area contributed by atoms with Gasteiger partial charge in [0.05, 0.1) is 17.2 Å². The van der Waals surface area contributed by atoms with Crippen LogP contribution in [0.4, 0.5) is 5.69 Å². The fourth-order valence-corrected chi connectivity index (χ4v) is 4.87. The van der Waals surface area contributed by atoms with Gasteiger partial charge in [0.15, 0.2) is 0 Å². The summed E-state index contributed by atoms with van der Waals surface area (Å²) in [5, 5.41) is 17.4. The number of aromatic nitrogens is 2. The fraction of sp³-hybridized carbons (Fsp3) is 0.565. The third kappa shape index (κ3) is 3.37. The van der Waals surface area contributed by atoms with Gasteiger partial charge in [-0.1, -0.05) is 32.9 Å². The minimum absolute atomic E-state index is 0.114. The Bertz CT molecular complexity index is 813. The van der Waals surface area contributed by atoms with Crippen LogP contribution in [0.25, 0.3) is 0 Å². The average Bonchev–Trinajstić information content (AvgIpc) is 3.31. The van der Waals surface area contributed by atoms with E-state index in [1.807, 2.05) is 11.0 Å². The summed E-state index contributed by atoms with van der Waals surface area (Å²) in [6.45, 7) is 7.40. The van der Waals surface area contributed by atoms with Gasteiger partial charge in [0.1, 0.15) is 0 Å². The van der Waals surface area contributed by atoms with E-state index in [0.29, 0.717) is 0 Å². The number of aliphatic hydroxyl groups excluding tert-OH is 1. The molecule has 1 unspecified atom stereocenters. The quantitative estimate of drug-likeness (QED) is 0.830. The summed E-state index contributed by atoms with van der Waals surface area (Å²) >= 11 is 0. The van der Waals surface area contributed by atoms with Gasteiger partial charge in [0.2, 0.25) is 5.91 Å². The molecule has 1 spiro atoms. The normalized spacial score (nSPS) is 26.8. The monoisotopic (exact) mass is 381 g/mol. The number of carbonyl (C=O) groups is 1. The van der Waals surface area contributed by atoms with Crippen LogP contribution < -0.4 is 4.90 Å². The van der Waals surface area contributed by atoms with Crippen LogP contribution in [0.2, 0.25) is 0 Å². The molecule has 5 heteroatoms. The largest absolute Gasteiger partial charge is 0.387 e. The van der Waals surface area contributed by atoms with Crippen molar-refractivity contribution < 1.29 is 9.90 Å². The molecule has 1 atom stereocenters. The number of anilines is 1.